The molecular formula is C18H19NO2. The molecule has 3 heteroatoms. The zero-order chi connectivity index (χ0) is 15.1. The van der Waals surface area contributed by atoms with E-state index in [2.05, 4.69) is 11.9 Å². The van der Waals surface area contributed by atoms with Crippen LogP contribution in [0.15, 0.2) is 61.2 Å². The summed E-state index contributed by atoms with van der Waals surface area (Å²) >= 11 is 0. The summed E-state index contributed by atoms with van der Waals surface area (Å²) in [7, 11) is 1.62. The van der Waals surface area contributed by atoms with E-state index in [0.29, 0.717) is 18.5 Å². The van der Waals surface area contributed by atoms with Gasteiger partial charge in [-0.3, -0.25) is 4.79 Å². The topological polar surface area (TPSA) is 38.3 Å². The van der Waals surface area contributed by atoms with Gasteiger partial charge in [0.15, 0.2) is 0 Å². The molecule has 21 heavy (non-hydrogen) atoms. The van der Waals surface area contributed by atoms with E-state index < -0.39 is 0 Å². The molecular weight excluding hydrogens is 262 g/mol. The van der Waals surface area contributed by atoms with Gasteiger partial charge in [-0.05, 0) is 35.7 Å². The number of carbonyl (C=O) groups excluding carboxylic acids is 1. The molecule has 0 aliphatic carbocycles. The van der Waals surface area contributed by atoms with E-state index in [9.17, 15) is 4.79 Å². The Morgan fingerprint density at radius 1 is 1.24 bits per heavy atom. The highest BCUT2D eigenvalue weighted by molar-refractivity contribution is 5.94. The third-order valence-corrected chi connectivity index (χ3v) is 3.20. The van der Waals surface area contributed by atoms with Crippen molar-refractivity contribution < 1.29 is 9.53 Å². The van der Waals surface area contributed by atoms with Crippen LogP contribution in [0.1, 0.15) is 21.5 Å². The zero-order valence-corrected chi connectivity index (χ0v) is 12.1. The SMILES string of the molecule is C=CCc1cc(C(=O)NCc2ccccc2)ccc1OC. The molecule has 0 heterocycles. The molecule has 0 saturated carbocycles. The Hall–Kier alpha value is -2.55. The van der Waals surface area contributed by atoms with Crippen molar-refractivity contribution in [2.75, 3.05) is 7.11 Å². The molecule has 0 radical (unpaired) electrons. The maximum absolute atomic E-state index is 12.2. The molecule has 2 rings (SSSR count). The van der Waals surface area contributed by atoms with Crippen LogP contribution < -0.4 is 10.1 Å². The van der Waals surface area contributed by atoms with E-state index >= 15 is 0 Å². The highest BCUT2D eigenvalue weighted by Crippen LogP contribution is 2.20. The first-order valence-electron chi connectivity index (χ1n) is 6.84. The van der Waals surface area contributed by atoms with E-state index in [1.165, 1.54) is 0 Å². The molecule has 3 nitrogen and oxygen atoms in total. The van der Waals surface area contributed by atoms with Crippen LogP contribution in [0, 0.1) is 0 Å². The van der Waals surface area contributed by atoms with Crippen LogP contribution in [0.25, 0.3) is 0 Å². The van der Waals surface area contributed by atoms with Crippen molar-refractivity contribution in [1.82, 2.24) is 5.32 Å². The van der Waals surface area contributed by atoms with Gasteiger partial charge in [0.2, 0.25) is 0 Å². The van der Waals surface area contributed by atoms with Crippen molar-refractivity contribution in [2.24, 2.45) is 0 Å². The molecule has 108 valence electrons. The van der Waals surface area contributed by atoms with Gasteiger partial charge in [-0.2, -0.15) is 0 Å². The molecule has 0 spiro atoms. The number of allylic oxidation sites excluding steroid dienone is 1. The Kier molecular flexibility index (Phi) is 5.16. The predicted molar refractivity (Wildman–Crippen MR) is 84.5 cm³/mol. The Morgan fingerprint density at radius 2 is 2.00 bits per heavy atom. The van der Waals surface area contributed by atoms with Gasteiger partial charge < -0.3 is 10.1 Å². The van der Waals surface area contributed by atoms with Crippen molar-refractivity contribution in [3.63, 3.8) is 0 Å². The smallest absolute Gasteiger partial charge is 0.251 e. The standard InChI is InChI=1S/C18H19NO2/c1-3-7-15-12-16(10-11-17(15)21-2)18(20)19-13-14-8-5-4-6-9-14/h3-6,8-12H,1,7,13H2,2H3,(H,19,20). The van der Waals surface area contributed by atoms with Gasteiger partial charge in [0.05, 0.1) is 7.11 Å². The summed E-state index contributed by atoms with van der Waals surface area (Å²) in [6.45, 7) is 4.24. The van der Waals surface area contributed by atoms with Crippen molar-refractivity contribution in [3.05, 3.63) is 77.9 Å². The van der Waals surface area contributed by atoms with Crippen molar-refractivity contribution in [3.8, 4) is 5.75 Å². The number of methoxy groups -OCH3 is 1. The second kappa shape index (κ2) is 7.29. The Bertz CT molecular complexity index is 620. The van der Waals surface area contributed by atoms with Crippen LogP contribution in [0.5, 0.6) is 5.75 Å². The van der Waals surface area contributed by atoms with E-state index in [1.54, 1.807) is 19.3 Å². The van der Waals surface area contributed by atoms with Crippen LogP contribution in [-0.4, -0.2) is 13.0 Å². The lowest BCUT2D eigenvalue weighted by atomic mass is 10.1. The van der Waals surface area contributed by atoms with Gasteiger partial charge >= 0.3 is 0 Å². The van der Waals surface area contributed by atoms with Crippen LogP contribution in [0.2, 0.25) is 0 Å². The minimum Gasteiger partial charge on any atom is -0.496 e. The Labute approximate surface area is 125 Å². The van der Waals surface area contributed by atoms with Gasteiger partial charge in [0, 0.05) is 12.1 Å². The predicted octanol–water partition coefficient (Wildman–Crippen LogP) is 3.35. The summed E-state index contributed by atoms with van der Waals surface area (Å²) < 4.78 is 5.28. The molecule has 0 atom stereocenters. The molecule has 0 bridgehead atoms. The lowest BCUT2D eigenvalue weighted by molar-refractivity contribution is 0.0951. The molecule has 0 aromatic heterocycles. The average Bonchev–Trinajstić information content (AvgIpc) is 2.54. The number of rotatable bonds is 6. The Morgan fingerprint density at radius 3 is 2.67 bits per heavy atom. The minimum absolute atomic E-state index is 0.0909. The maximum Gasteiger partial charge on any atom is 0.251 e. The van der Waals surface area contributed by atoms with E-state index in [4.69, 9.17) is 4.74 Å². The number of amides is 1. The number of hydrogen-bond acceptors (Lipinski definition) is 2. The normalized spacial score (nSPS) is 9.95. The first-order chi connectivity index (χ1) is 10.2. The molecule has 2 aromatic carbocycles. The van der Waals surface area contributed by atoms with Crippen LogP contribution in [-0.2, 0) is 13.0 Å². The summed E-state index contributed by atoms with van der Waals surface area (Å²) in [5, 5.41) is 2.92. The fourth-order valence-electron chi connectivity index (χ4n) is 2.12. The highest BCUT2D eigenvalue weighted by Gasteiger charge is 2.09. The van der Waals surface area contributed by atoms with Crippen LogP contribution >= 0.6 is 0 Å². The summed E-state index contributed by atoms with van der Waals surface area (Å²) in [5.74, 6) is 0.682. The summed E-state index contributed by atoms with van der Waals surface area (Å²) in [6.07, 6.45) is 2.46. The third-order valence-electron chi connectivity index (χ3n) is 3.20. The summed E-state index contributed by atoms with van der Waals surface area (Å²) in [6, 6.07) is 15.3. The van der Waals surface area contributed by atoms with Crippen molar-refractivity contribution in [2.45, 2.75) is 13.0 Å². The number of nitrogens with one attached hydrogen (secondary N) is 1. The monoisotopic (exact) mass is 281 g/mol. The van der Waals surface area contributed by atoms with Gasteiger partial charge in [0.1, 0.15) is 5.75 Å². The first-order valence-corrected chi connectivity index (χ1v) is 6.84. The van der Waals surface area contributed by atoms with Gasteiger partial charge in [0.25, 0.3) is 5.91 Å². The van der Waals surface area contributed by atoms with Gasteiger partial charge in [-0.1, -0.05) is 36.4 Å². The molecule has 1 amide bonds. The second-order valence-electron chi connectivity index (χ2n) is 4.69. The van der Waals surface area contributed by atoms with Crippen LogP contribution in [0.4, 0.5) is 0 Å². The minimum atomic E-state index is -0.0909. The molecule has 0 fully saturated rings. The lowest BCUT2D eigenvalue weighted by Crippen LogP contribution is -2.22. The largest absolute Gasteiger partial charge is 0.496 e. The fraction of sp³-hybridized carbons (Fsp3) is 0.167. The molecule has 1 N–H and O–H groups in total. The number of ether oxygens (including phenoxy) is 1. The van der Waals surface area contributed by atoms with E-state index in [1.807, 2.05) is 42.5 Å². The van der Waals surface area contributed by atoms with Crippen molar-refractivity contribution >= 4 is 5.91 Å². The molecule has 0 aliphatic rings. The van der Waals surface area contributed by atoms with Crippen molar-refractivity contribution in [1.29, 1.82) is 0 Å². The first kappa shape index (κ1) is 14.9. The number of benzene rings is 2. The Balaban J connectivity index is 2.08. The van der Waals surface area contributed by atoms with E-state index in [-0.39, 0.29) is 5.91 Å². The molecule has 0 saturated heterocycles. The number of hydrogen-bond donors (Lipinski definition) is 1. The fourth-order valence-corrected chi connectivity index (χ4v) is 2.12. The highest BCUT2D eigenvalue weighted by atomic mass is 16.5. The maximum atomic E-state index is 12.2. The summed E-state index contributed by atoms with van der Waals surface area (Å²) in [5.41, 5.74) is 2.66. The summed E-state index contributed by atoms with van der Waals surface area (Å²) in [4.78, 5) is 12.2. The quantitative estimate of drug-likeness (QED) is 0.825. The molecule has 0 aliphatic heterocycles. The zero-order valence-electron chi connectivity index (χ0n) is 12.1. The van der Waals surface area contributed by atoms with E-state index in [0.717, 1.165) is 16.9 Å². The van der Waals surface area contributed by atoms with Crippen LogP contribution in [0.3, 0.4) is 0 Å². The average molecular weight is 281 g/mol. The van der Waals surface area contributed by atoms with Gasteiger partial charge in [-0.15, -0.1) is 6.58 Å². The lowest BCUT2D eigenvalue weighted by Gasteiger charge is -2.10. The van der Waals surface area contributed by atoms with Gasteiger partial charge in [-0.25, -0.2) is 0 Å². The number of carbonyl (C=O) groups is 1. The second-order valence-corrected chi connectivity index (χ2v) is 4.69. The molecule has 2 aromatic rings. The third kappa shape index (κ3) is 3.96. The molecule has 0 unspecified atom stereocenters.